The van der Waals surface area contributed by atoms with Crippen LogP contribution in [0.5, 0.6) is 0 Å². The van der Waals surface area contributed by atoms with E-state index in [2.05, 4.69) is 62.4 Å². The minimum atomic E-state index is -1.16. The van der Waals surface area contributed by atoms with Crippen LogP contribution in [0.1, 0.15) is 90.8 Å². The number of hydrogen-bond acceptors (Lipinski definition) is 6. The zero-order valence-corrected chi connectivity index (χ0v) is 24.8. The van der Waals surface area contributed by atoms with Crippen LogP contribution in [0.15, 0.2) is 107 Å². The molecule has 1 spiro atoms. The van der Waals surface area contributed by atoms with Crippen LogP contribution in [0, 0.1) is 0 Å². The fourth-order valence-electron chi connectivity index (χ4n) is 6.58. The van der Waals surface area contributed by atoms with Crippen LogP contribution in [-0.2, 0) is 24.7 Å². The molecule has 4 aromatic rings. The van der Waals surface area contributed by atoms with E-state index in [4.69, 9.17) is 28.9 Å². The maximum absolute atomic E-state index is 7.08. The molecule has 4 aromatic carbocycles. The Kier molecular flexibility index (Phi) is 7.33. The number of rotatable bonds is 7. The highest BCUT2D eigenvalue weighted by Gasteiger charge is 2.57. The summed E-state index contributed by atoms with van der Waals surface area (Å²) in [5.41, 5.74) is 7.85. The van der Waals surface area contributed by atoms with Crippen LogP contribution < -0.4 is 0 Å². The third-order valence-electron chi connectivity index (χ3n) is 8.47. The Morgan fingerprint density at radius 3 is 2.12 bits per heavy atom. The molecule has 0 amide bonds. The summed E-state index contributed by atoms with van der Waals surface area (Å²) in [5.74, 6) is 0.00671. The lowest BCUT2D eigenvalue weighted by molar-refractivity contribution is -0.236. The topological polar surface area (TPSA) is 61.6 Å². The number of fused-ring (bicyclic) bond motifs is 4. The van der Waals surface area contributed by atoms with Crippen molar-refractivity contribution >= 4 is 17.5 Å². The molecule has 3 aliphatic rings. The van der Waals surface area contributed by atoms with Gasteiger partial charge in [0.1, 0.15) is 12.6 Å². The molecule has 0 bridgehead atoms. The molecule has 0 radical (unpaired) electrons. The highest BCUT2D eigenvalue weighted by atomic mass is 16.7. The van der Waals surface area contributed by atoms with Crippen molar-refractivity contribution in [1.29, 1.82) is 0 Å². The minimum absolute atomic E-state index is 0.0643. The zero-order chi connectivity index (χ0) is 29.4. The van der Waals surface area contributed by atoms with Gasteiger partial charge in [0.15, 0.2) is 0 Å². The molecule has 0 aliphatic carbocycles. The second-order valence-corrected chi connectivity index (χ2v) is 11.0. The van der Waals surface area contributed by atoms with Crippen molar-refractivity contribution in [3.8, 4) is 0 Å². The van der Waals surface area contributed by atoms with Gasteiger partial charge in [-0.3, -0.25) is 0 Å². The quantitative estimate of drug-likeness (QED) is 0.165. The SMILES string of the molecule is CCOC(=Nc1ccccc1)c1cccc2c1[C@@]1(O[C@H]2CC)O[C@@H](CC)c2cccc(C3=N[C@H](c4ccccc4)CO3)c21. The summed E-state index contributed by atoms with van der Waals surface area (Å²) in [6.45, 7) is 7.25. The number of nitrogens with zero attached hydrogens (tertiary/aromatic N) is 2. The molecule has 0 unspecified atom stereocenters. The van der Waals surface area contributed by atoms with Gasteiger partial charge in [-0.2, -0.15) is 0 Å². The van der Waals surface area contributed by atoms with Crippen LogP contribution in [-0.4, -0.2) is 25.0 Å². The summed E-state index contributed by atoms with van der Waals surface area (Å²) >= 11 is 0. The molecule has 0 saturated carbocycles. The highest BCUT2D eigenvalue weighted by Crippen LogP contribution is 2.59. The van der Waals surface area contributed by atoms with Crippen LogP contribution in [0.25, 0.3) is 0 Å². The van der Waals surface area contributed by atoms with Gasteiger partial charge in [0.2, 0.25) is 17.6 Å². The summed E-state index contributed by atoms with van der Waals surface area (Å²) in [6, 6.07) is 32.7. The smallest absolute Gasteiger partial charge is 0.225 e. The first kappa shape index (κ1) is 27.6. The summed E-state index contributed by atoms with van der Waals surface area (Å²) in [4.78, 5) is 10.1. The molecular weight excluding hydrogens is 536 g/mol. The molecule has 0 aromatic heterocycles. The summed E-state index contributed by atoms with van der Waals surface area (Å²) in [6.07, 6.45) is 1.28. The van der Waals surface area contributed by atoms with Gasteiger partial charge < -0.3 is 18.9 Å². The van der Waals surface area contributed by atoms with Crippen molar-refractivity contribution in [1.82, 2.24) is 0 Å². The number of ether oxygens (including phenoxy) is 4. The highest BCUT2D eigenvalue weighted by molar-refractivity contribution is 6.00. The molecule has 6 nitrogen and oxygen atoms in total. The Balaban J connectivity index is 1.44. The molecule has 6 heteroatoms. The molecule has 218 valence electrons. The molecule has 0 N–H and O–H groups in total. The third-order valence-corrected chi connectivity index (χ3v) is 8.47. The predicted octanol–water partition coefficient (Wildman–Crippen LogP) is 8.48. The van der Waals surface area contributed by atoms with E-state index in [1.807, 2.05) is 55.5 Å². The maximum Gasteiger partial charge on any atom is 0.225 e. The van der Waals surface area contributed by atoms with Gasteiger partial charge >= 0.3 is 0 Å². The maximum atomic E-state index is 7.08. The third kappa shape index (κ3) is 4.66. The lowest BCUT2D eigenvalue weighted by Gasteiger charge is -2.30. The van der Waals surface area contributed by atoms with Crippen molar-refractivity contribution in [3.05, 3.63) is 136 Å². The van der Waals surface area contributed by atoms with Gasteiger partial charge in [-0.05, 0) is 60.7 Å². The fourth-order valence-corrected chi connectivity index (χ4v) is 6.58. The summed E-state index contributed by atoms with van der Waals surface area (Å²) in [7, 11) is 0. The Hall–Kier alpha value is -4.26. The van der Waals surface area contributed by atoms with Gasteiger partial charge in [-0.25, -0.2) is 9.98 Å². The Labute approximate surface area is 253 Å². The van der Waals surface area contributed by atoms with E-state index in [9.17, 15) is 0 Å². The van der Waals surface area contributed by atoms with Gasteiger partial charge in [0, 0.05) is 22.3 Å². The zero-order valence-electron chi connectivity index (χ0n) is 24.8. The van der Waals surface area contributed by atoms with E-state index in [-0.39, 0.29) is 18.2 Å². The lowest BCUT2D eigenvalue weighted by Crippen LogP contribution is -2.31. The van der Waals surface area contributed by atoms with Crippen LogP contribution in [0.4, 0.5) is 5.69 Å². The second kappa shape index (κ2) is 11.4. The molecule has 0 saturated heterocycles. The molecular formula is C37H36N2O4. The van der Waals surface area contributed by atoms with Crippen LogP contribution >= 0.6 is 0 Å². The largest absolute Gasteiger partial charge is 0.478 e. The molecule has 3 heterocycles. The number of hydrogen-bond donors (Lipinski definition) is 0. The standard InChI is InChI=1S/C37H36N2O4/c1-4-31-26-19-13-21-28(35(40-6-3)38-25-17-11-8-12-18-25)33(26)37(42-31)34-27(32(5-2)43-37)20-14-22-29(34)36-39-30(23-41-36)24-15-9-7-10-16-24/h7-22,30-32H,4-6,23H2,1-3H3/t30-,31-,32-,37+/m0/s1. The van der Waals surface area contributed by atoms with Crippen molar-refractivity contribution in [2.75, 3.05) is 13.2 Å². The fraction of sp³-hybridized carbons (Fsp3) is 0.297. The summed E-state index contributed by atoms with van der Waals surface area (Å²) in [5, 5.41) is 0. The van der Waals surface area contributed by atoms with E-state index < -0.39 is 5.79 Å². The monoisotopic (exact) mass is 572 g/mol. The first-order valence-corrected chi connectivity index (χ1v) is 15.3. The lowest BCUT2D eigenvalue weighted by atomic mass is 9.86. The molecule has 43 heavy (non-hydrogen) atoms. The van der Waals surface area contributed by atoms with Gasteiger partial charge in [-0.15, -0.1) is 0 Å². The van der Waals surface area contributed by atoms with E-state index in [1.54, 1.807) is 0 Å². The van der Waals surface area contributed by atoms with Crippen molar-refractivity contribution in [3.63, 3.8) is 0 Å². The normalized spacial score (nSPS) is 24.0. The van der Waals surface area contributed by atoms with Crippen molar-refractivity contribution in [2.45, 2.75) is 57.6 Å². The summed E-state index contributed by atoms with van der Waals surface area (Å²) < 4.78 is 26.7. The number of aliphatic imine (C=N–C) groups is 2. The average Bonchev–Trinajstić information content (AvgIpc) is 3.77. The Bertz CT molecular complexity index is 1680. The predicted molar refractivity (Wildman–Crippen MR) is 168 cm³/mol. The van der Waals surface area contributed by atoms with E-state index in [0.717, 1.165) is 57.5 Å². The van der Waals surface area contributed by atoms with Crippen LogP contribution in [0.2, 0.25) is 0 Å². The van der Waals surface area contributed by atoms with E-state index >= 15 is 0 Å². The molecule has 0 fully saturated rings. The molecule has 7 rings (SSSR count). The van der Waals surface area contributed by atoms with E-state index in [0.29, 0.717) is 25.0 Å². The first-order chi connectivity index (χ1) is 21.2. The van der Waals surface area contributed by atoms with Crippen molar-refractivity contribution in [2.24, 2.45) is 9.98 Å². The molecule has 4 atom stereocenters. The second-order valence-electron chi connectivity index (χ2n) is 11.0. The van der Waals surface area contributed by atoms with Gasteiger partial charge in [0.25, 0.3) is 0 Å². The average molecular weight is 573 g/mol. The van der Waals surface area contributed by atoms with Gasteiger partial charge in [-0.1, -0.05) is 86.6 Å². The Morgan fingerprint density at radius 2 is 1.44 bits per heavy atom. The van der Waals surface area contributed by atoms with Gasteiger partial charge in [0.05, 0.1) is 24.5 Å². The minimum Gasteiger partial charge on any atom is -0.478 e. The molecule has 3 aliphatic heterocycles. The Morgan fingerprint density at radius 1 is 0.791 bits per heavy atom. The van der Waals surface area contributed by atoms with E-state index in [1.165, 1.54) is 0 Å². The van der Waals surface area contributed by atoms with Crippen LogP contribution in [0.3, 0.4) is 0 Å². The number of para-hydroxylation sites is 1. The van der Waals surface area contributed by atoms with Crippen molar-refractivity contribution < 1.29 is 18.9 Å². The number of benzene rings is 4. The first-order valence-electron chi connectivity index (χ1n) is 15.3.